The molecule has 1 aliphatic rings. The van der Waals surface area contributed by atoms with Gasteiger partial charge in [-0.2, -0.15) is 0 Å². The second-order valence-corrected chi connectivity index (χ2v) is 4.75. The molecule has 1 heterocycles. The van der Waals surface area contributed by atoms with E-state index in [2.05, 4.69) is 9.97 Å². The second kappa shape index (κ2) is 4.37. The largest absolute Gasteiger partial charge is 0.388 e. The minimum absolute atomic E-state index is 0.221. The van der Waals surface area contributed by atoms with Gasteiger partial charge in [-0.3, -0.25) is 4.79 Å². The van der Waals surface area contributed by atoms with Crippen molar-refractivity contribution in [3.8, 4) is 0 Å². The number of nitrogens with one attached hydrogen (secondary N) is 2. The van der Waals surface area contributed by atoms with Gasteiger partial charge in [0, 0.05) is 19.8 Å². The molecule has 0 saturated heterocycles. The molecule has 1 fully saturated rings. The van der Waals surface area contributed by atoms with Gasteiger partial charge in [0.2, 0.25) is 0 Å². The van der Waals surface area contributed by atoms with Crippen molar-refractivity contribution in [1.29, 1.82) is 0 Å². The molecule has 6 nitrogen and oxygen atoms in total. The SMILES string of the molecule is CN(CC1(O)CCCC1)C(=O)c1c[nH]c(=O)[nH]1. The highest BCUT2D eigenvalue weighted by Gasteiger charge is 2.33. The highest BCUT2D eigenvalue weighted by molar-refractivity contribution is 5.91. The number of rotatable bonds is 3. The van der Waals surface area contributed by atoms with E-state index in [1.54, 1.807) is 7.05 Å². The van der Waals surface area contributed by atoms with Gasteiger partial charge in [0.15, 0.2) is 0 Å². The van der Waals surface area contributed by atoms with E-state index >= 15 is 0 Å². The number of imidazole rings is 1. The number of aliphatic hydroxyl groups is 1. The monoisotopic (exact) mass is 239 g/mol. The summed E-state index contributed by atoms with van der Waals surface area (Å²) in [5.41, 5.74) is -0.943. The molecule has 1 aromatic heterocycles. The van der Waals surface area contributed by atoms with E-state index < -0.39 is 11.3 Å². The van der Waals surface area contributed by atoms with Crippen molar-refractivity contribution in [2.45, 2.75) is 31.3 Å². The third-order valence-corrected chi connectivity index (χ3v) is 3.24. The summed E-state index contributed by atoms with van der Waals surface area (Å²) in [6.45, 7) is 0.305. The molecule has 0 aliphatic heterocycles. The Morgan fingerprint density at radius 2 is 2.18 bits per heavy atom. The van der Waals surface area contributed by atoms with Crippen LogP contribution in [0.25, 0.3) is 0 Å². The lowest BCUT2D eigenvalue weighted by Gasteiger charge is -2.28. The van der Waals surface area contributed by atoms with Gasteiger partial charge in [-0.1, -0.05) is 12.8 Å². The van der Waals surface area contributed by atoms with E-state index in [1.807, 2.05) is 0 Å². The highest BCUT2D eigenvalue weighted by atomic mass is 16.3. The molecule has 1 amide bonds. The zero-order valence-corrected chi connectivity index (χ0v) is 9.82. The number of likely N-dealkylation sites (N-methyl/N-ethyl adjacent to an activating group) is 1. The van der Waals surface area contributed by atoms with E-state index in [4.69, 9.17) is 0 Å². The third-order valence-electron chi connectivity index (χ3n) is 3.24. The Bertz CT molecular complexity index is 457. The lowest BCUT2D eigenvalue weighted by Crippen LogP contribution is -2.42. The number of hydrogen-bond acceptors (Lipinski definition) is 3. The van der Waals surface area contributed by atoms with E-state index in [1.165, 1.54) is 11.1 Å². The Morgan fingerprint density at radius 1 is 1.53 bits per heavy atom. The summed E-state index contributed by atoms with van der Waals surface area (Å²) in [7, 11) is 1.63. The molecule has 0 spiro atoms. The summed E-state index contributed by atoms with van der Waals surface area (Å²) in [5.74, 6) is -0.288. The van der Waals surface area contributed by atoms with Crippen molar-refractivity contribution >= 4 is 5.91 Å². The van der Waals surface area contributed by atoms with Gasteiger partial charge >= 0.3 is 5.69 Å². The lowest BCUT2D eigenvalue weighted by molar-refractivity contribution is 0.0155. The Labute approximate surface area is 98.7 Å². The van der Waals surface area contributed by atoms with Crippen LogP contribution in [0.4, 0.5) is 0 Å². The normalized spacial score (nSPS) is 18.2. The van der Waals surface area contributed by atoms with Crippen molar-refractivity contribution in [2.75, 3.05) is 13.6 Å². The van der Waals surface area contributed by atoms with E-state index in [0.717, 1.165) is 25.7 Å². The molecule has 0 aromatic carbocycles. The van der Waals surface area contributed by atoms with Crippen molar-refractivity contribution in [2.24, 2.45) is 0 Å². The fraction of sp³-hybridized carbons (Fsp3) is 0.636. The quantitative estimate of drug-likeness (QED) is 0.697. The van der Waals surface area contributed by atoms with Crippen LogP contribution in [0.2, 0.25) is 0 Å². The molecule has 17 heavy (non-hydrogen) atoms. The first-order chi connectivity index (χ1) is 8.00. The maximum absolute atomic E-state index is 11.9. The minimum atomic E-state index is -0.763. The maximum Gasteiger partial charge on any atom is 0.323 e. The van der Waals surface area contributed by atoms with Crippen LogP contribution < -0.4 is 5.69 Å². The molecule has 0 radical (unpaired) electrons. The number of H-pyrrole nitrogens is 2. The fourth-order valence-electron chi connectivity index (χ4n) is 2.36. The summed E-state index contributed by atoms with van der Waals surface area (Å²) >= 11 is 0. The predicted molar refractivity (Wildman–Crippen MR) is 61.8 cm³/mol. The standard InChI is InChI=1S/C11H17N3O3/c1-14(7-11(17)4-2-3-5-11)9(15)8-6-12-10(16)13-8/h6,17H,2-5,7H2,1H3,(H2,12,13,16). The topological polar surface area (TPSA) is 89.2 Å². The maximum atomic E-state index is 11.9. The average molecular weight is 239 g/mol. The molecule has 6 heteroatoms. The van der Waals surface area contributed by atoms with E-state index in [0.29, 0.717) is 6.54 Å². The van der Waals surface area contributed by atoms with Gasteiger partial charge < -0.3 is 20.0 Å². The molecule has 2 rings (SSSR count). The number of hydrogen-bond donors (Lipinski definition) is 3. The third kappa shape index (κ3) is 2.58. The zero-order valence-electron chi connectivity index (χ0n) is 9.82. The predicted octanol–water partition coefficient (Wildman–Crippen LogP) is 0.0801. The van der Waals surface area contributed by atoms with E-state index in [-0.39, 0.29) is 11.6 Å². The van der Waals surface area contributed by atoms with Gasteiger partial charge in [0.25, 0.3) is 5.91 Å². The summed E-state index contributed by atoms with van der Waals surface area (Å²) in [4.78, 5) is 29.1. The van der Waals surface area contributed by atoms with Crippen LogP contribution in [-0.4, -0.2) is 45.1 Å². The molecule has 1 aliphatic carbocycles. The molecule has 1 saturated carbocycles. The first-order valence-electron chi connectivity index (χ1n) is 5.76. The zero-order chi connectivity index (χ0) is 12.5. The molecular formula is C11H17N3O3. The van der Waals surface area contributed by atoms with Crippen molar-refractivity contribution in [3.63, 3.8) is 0 Å². The van der Waals surface area contributed by atoms with Crippen molar-refractivity contribution in [1.82, 2.24) is 14.9 Å². The Hall–Kier alpha value is -1.56. The number of aromatic nitrogens is 2. The van der Waals surface area contributed by atoms with Crippen molar-refractivity contribution in [3.05, 3.63) is 22.4 Å². The van der Waals surface area contributed by atoms with Crippen LogP contribution in [0.3, 0.4) is 0 Å². The molecule has 3 N–H and O–H groups in total. The van der Waals surface area contributed by atoms with Gasteiger partial charge in [0.1, 0.15) is 5.69 Å². The average Bonchev–Trinajstić information content (AvgIpc) is 2.86. The lowest BCUT2D eigenvalue weighted by atomic mass is 10.0. The van der Waals surface area contributed by atoms with Crippen LogP contribution in [-0.2, 0) is 0 Å². The Balaban J connectivity index is 2.02. The number of nitrogens with zero attached hydrogens (tertiary/aromatic N) is 1. The number of aromatic amines is 2. The Kier molecular flexibility index (Phi) is 3.06. The first-order valence-corrected chi connectivity index (χ1v) is 5.76. The molecule has 0 bridgehead atoms. The number of carbonyl (C=O) groups is 1. The van der Waals surface area contributed by atoms with Gasteiger partial charge in [-0.25, -0.2) is 4.79 Å². The molecule has 1 aromatic rings. The van der Waals surface area contributed by atoms with Gasteiger partial charge in [0.05, 0.1) is 5.60 Å². The Morgan fingerprint density at radius 3 is 2.71 bits per heavy atom. The summed E-state index contributed by atoms with van der Waals surface area (Å²) < 4.78 is 0. The van der Waals surface area contributed by atoms with Crippen molar-refractivity contribution < 1.29 is 9.90 Å². The van der Waals surface area contributed by atoms with Crippen LogP contribution in [0.1, 0.15) is 36.2 Å². The van der Waals surface area contributed by atoms with Crippen LogP contribution in [0, 0.1) is 0 Å². The summed E-state index contributed by atoms with van der Waals surface area (Å²) in [6.07, 6.45) is 4.81. The molecule has 0 unspecified atom stereocenters. The highest BCUT2D eigenvalue weighted by Crippen LogP contribution is 2.30. The summed E-state index contributed by atoms with van der Waals surface area (Å²) in [6, 6.07) is 0. The van der Waals surface area contributed by atoms with Gasteiger partial charge in [-0.05, 0) is 12.8 Å². The molecule has 0 atom stereocenters. The number of amides is 1. The van der Waals surface area contributed by atoms with Crippen LogP contribution >= 0.6 is 0 Å². The van der Waals surface area contributed by atoms with Gasteiger partial charge in [-0.15, -0.1) is 0 Å². The summed E-state index contributed by atoms with van der Waals surface area (Å²) in [5, 5.41) is 10.2. The first kappa shape index (κ1) is 11.9. The second-order valence-electron chi connectivity index (χ2n) is 4.75. The molecule has 94 valence electrons. The fourth-order valence-corrected chi connectivity index (χ4v) is 2.36. The number of carbonyl (C=O) groups excluding carboxylic acids is 1. The minimum Gasteiger partial charge on any atom is -0.388 e. The van der Waals surface area contributed by atoms with E-state index in [9.17, 15) is 14.7 Å². The van der Waals surface area contributed by atoms with Crippen LogP contribution in [0.15, 0.2) is 11.0 Å². The molecular weight excluding hydrogens is 222 g/mol. The van der Waals surface area contributed by atoms with Crippen LogP contribution in [0.5, 0.6) is 0 Å². The smallest absolute Gasteiger partial charge is 0.323 e.